The Balaban J connectivity index is 2.52. The zero-order chi connectivity index (χ0) is 11.8. The number of rotatable bonds is 7. The molecule has 0 aliphatic rings. The minimum atomic E-state index is 0.506. The van der Waals surface area contributed by atoms with Crippen molar-refractivity contribution in [1.82, 2.24) is 4.98 Å². The number of nitrogens with zero attached hydrogens (tertiary/aromatic N) is 1. The monoisotopic (exact) mass is 238 g/mol. The lowest BCUT2D eigenvalue weighted by atomic mass is 10.2. The Bertz CT molecular complexity index is 302. The highest BCUT2D eigenvalue weighted by Crippen LogP contribution is 2.15. The average Bonchev–Trinajstić information content (AvgIpc) is 2.27. The van der Waals surface area contributed by atoms with Crippen molar-refractivity contribution in [3.8, 4) is 0 Å². The van der Waals surface area contributed by atoms with Crippen molar-refractivity contribution in [3.05, 3.63) is 23.9 Å². The topological polar surface area (TPSA) is 24.9 Å². The molecule has 0 bridgehead atoms. The Labute approximate surface area is 103 Å². The van der Waals surface area contributed by atoms with E-state index in [1.54, 1.807) is 0 Å². The number of anilines is 1. The van der Waals surface area contributed by atoms with Gasteiger partial charge >= 0.3 is 0 Å². The lowest BCUT2D eigenvalue weighted by molar-refractivity contribution is 0.687. The van der Waals surface area contributed by atoms with Gasteiger partial charge in [-0.25, -0.2) is 4.98 Å². The van der Waals surface area contributed by atoms with Gasteiger partial charge in [-0.2, -0.15) is 11.8 Å². The maximum atomic E-state index is 4.35. The summed E-state index contributed by atoms with van der Waals surface area (Å²) in [7, 11) is 0. The van der Waals surface area contributed by atoms with Crippen LogP contribution in [0.2, 0.25) is 0 Å². The molecule has 3 heteroatoms. The van der Waals surface area contributed by atoms with Gasteiger partial charge in [0.1, 0.15) is 5.82 Å². The molecule has 0 radical (unpaired) electrons. The Morgan fingerprint density at radius 2 is 2.25 bits per heavy atom. The number of pyridine rings is 1. The van der Waals surface area contributed by atoms with Gasteiger partial charge in [0.2, 0.25) is 0 Å². The highest BCUT2D eigenvalue weighted by atomic mass is 32.2. The second-order valence-corrected chi connectivity index (χ2v) is 5.29. The van der Waals surface area contributed by atoms with Crippen LogP contribution in [0, 0.1) is 0 Å². The average molecular weight is 238 g/mol. The lowest BCUT2D eigenvalue weighted by Gasteiger charge is -2.13. The van der Waals surface area contributed by atoms with E-state index in [0.29, 0.717) is 6.04 Å². The SMILES string of the molecule is CCCC(C)Nc1cc(CSCC)ccn1. The van der Waals surface area contributed by atoms with E-state index in [2.05, 4.69) is 43.2 Å². The first kappa shape index (κ1) is 13.4. The number of aromatic nitrogens is 1. The van der Waals surface area contributed by atoms with E-state index >= 15 is 0 Å². The second-order valence-electron chi connectivity index (χ2n) is 4.02. The highest BCUT2D eigenvalue weighted by Gasteiger charge is 2.02. The fourth-order valence-corrected chi connectivity index (χ4v) is 2.24. The standard InChI is InChI=1S/C13H22N2S/c1-4-6-11(3)15-13-9-12(7-8-14-13)10-16-5-2/h7-9,11H,4-6,10H2,1-3H3,(H,14,15). The summed E-state index contributed by atoms with van der Waals surface area (Å²) in [5.74, 6) is 3.25. The number of hydrogen-bond donors (Lipinski definition) is 1. The summed E-state index contributed by atoms with van der Waals surface area (Å²) in [4.78, 5) is 4.35. The molecule has 1 unspecified atom stereocenters. The predicted molar refractivity (Wildman–Crippen MR) is 74.1 cm³/mol. The van der Waals surface area contributed by atoms with Crippen LogP contribution in [-0.2, 0) is 5.75 Å². The van der Waals surface area contributed by atoms with Crippen LogP contribution in [0.5, 0.6) is 0 Å². The van der Waals surface area contributed by atoms with Gasteiger partial charge in [0.05, 0.1) is 0 Å². The van der Waals surface area contributed by atoms with E-state index < -0.39 is 0 Å². The van der Waals surface area contributed by atoms with Crippen LogP contribution < -0.4 is 5.32 Å². The summed E-state index contributed by atoms with van der Waals surface area (Å²) in [6.45, 7) is 6.60. The van der Waals surface area contributed by atoms with Crippen molar-refractivity contribution in [2.75, 3.05) is 11.1 Å². The molecule has 1 aromatic rings. The van der Waals surface area contributed by atoms with Gasteiger partial charge in [-0.3, -0.25) is 0 Å². The first-order valence-electron chi connectivity index (χ1n) is 6.05. The van der Waals surface area contributed by atoms with Gasteiger partial charge in [0, 0.05) is 18.0 Å². The maximum Gasteiger partial charge on any atom is 0.126 e. The van der Waals surface area contributed by atoms with Gasteiger partial charge in [0.25, 0.3) is 0 Å². The van der Waals surface area contributed by atoms with Crippen molar-refractivity contribution in [2.24, 2.45) is 0 Å². The zero-order valence-electron chi connectivity index (χ0n) is 10.5. The van der Waals surface area contributed by atoms with Gasteiger partial charge in [-0.15, -0.1) is 0 Å². The molecule has 1 heterocycles. The molecular formula is C13H22N2S. The molecule has 1 N–H and O–H groups in total. The van der Waals surface area contributed by atoms with E-state index in [0.717, 1.165) is 17.3 Å². The van der Waals surface area contributed by atoms with Crippen LogP contribution in [0.3, 0.4) is 0 Å². The van der Waals surface area contributed by atoms with Crippen LogP contribution in [0.15, 0.2) is 18.3 Å². The summed E-state index contributed by atoms with van der Waals surface area (Å²) < 4.78 is 0. The smallest absolute Gasteiger partial charge is 0.126 e. The maximum absolute atomic E-state index is 4.35. The molecule has 0 saturated carbocycles. The molecule has 0 amide bonds. The second kappa shape index (κ2) is 7.55. The molecule has 1 aromatic heterocycles. The number of hydrogen-bond acceptors (Lipinski definition) is 3. The Morgan fingerprint density at radius 3 is 2.94 bits per heavy atom. The number of thioether (sulfide) groups is 1. The molecule has 0 spiro atoms. The Kier molecular flexibility index (Phi) is 6.31. The van der Waals surface area contributed by atoms with E-state index in [1.807, 2.05) is 18.0 Å². The highest BCUT2D eigenvalue weighted by molar-refractivity contribution is 7.98. The summed E-state index contributed by atoms with van der Waals surface area (Å²) in [5, 5.41) is 3.44. The normalized spacial score (nSPS) is 12.4. The molecule has 16 heavy (non-hydrogen) atoms. The van der Waals surface area contributed by atoms with Crippen molar-refractivity contribution < 1.29 is 0 Å². The lowest BCUT2D eigenvalue weighted by Crippen LogP contribution is -2.15. The minimum absolute atomic E-state index is 0.506. The molecule has 0 fully saturated rings. The third kappa shape index (κ3) is 4.88. The molecule has 0 saturated heterocycles. The largest absolute Gasteiger partial charge is 0.368 e. The summed E-state index contributed by atoms with van der Waals surface area (Å²) in [6.07, 6.45) is 4.29. The van der Waals surface area contributed by atoms with Gasteiger partial charge in [-0.1, -0.05) is 20.3 Å². The molecule has 1 rings (SSSR count). The summed E-state index contributed by atoms with van der Waals surface area (Å²) in [5.41, 5.74) is 1.35. The molecular weight excluding hydrogens is 216 g/mol. The Hall–Kier alpha value is -0.700. The third-order valence-corrected chi connectivity index (χ3v) is 3.36. The minimum Gasteiger partial charge on any atom is -0.368 e. The molecule has 0 aliphatic carbocycles. The van der Waals surface area contributed by atoms with E-state index in [9.17, 15) is 0 Å². The van der Waals surface area contributed by atoms with Gasteiger partial charge in [-0.05, 0) is 36.8 Å². The van der Waals surface area contributed by atoms with Crippen LogP contribution in [0.25, 0.3) is 0 Å². The fraction of sp³-hybridized carbons (Fsp3) is 0.615. The fourth-order valence-electron chi connectivity index (χ4n) is 1.62. The van der Waals surface area contributed by atoms with Crippen LogP contribution in [0.1, 0.15) is 39.2 Å². The van der Waals surface area contributed by atoms with Gasteiger partial charge < -0.3 is 5.32 Å². The molecule has 0 aliphatic heterocycles. The summed E-state index contributed by atoms with van der Waals surface area (Å²) >= 11 is 1.94. The van der Waals surface area contributed by atoms with E-state index in [1.165, 1.54) is 18.4 Å². The van der Waals surface area contributed by atoms with Crippen molar-refractivity contribution in [3.63, 3.8) is 0 Å². The molecule has 1 atom stereocenters. The van der Waals surface area contributed by atoms with Gasteiger partial charge in [0.15, 0.2) is 0 Å². The number of nitrogens with one attached hydrogen (secondary N) is 1. The van der Waals surface area contributed by atoms with Crippen LogP contribution in [0.4, 0.5) is 5.82 Å². The first-order valence-corrected chi connectivity index (χ1v) is 7.21. The van der Waals surface area contributed by atoms with E-state index in [-0.39, 0.29) is 0 Å². The molecule has 2 nitrogen and oxygen atoms in total. The quantitative estimate of drug-likeness (QED) is 0.779. The van der Waals surface area contributed by atoms with Crippen LogP contribution >= 0.6 is 11.8 Å². The molecule has 0 aromatic carbocycles. The van der Waals surface area contributed by atoms with Crippen molar-refractivity contribution in [1.29, 1.82) is 0 Å². The van der Waals surface area contributed by atoms with Crippen LogP contribution in [-0.4, -0.2) is 16.8 Å². The predicted octanol–water partition coefficient (Wildman–Crippen LogP) is 3.94. The summed E-state index contributed by atoms with van der Waals surface area (Å²) in [6, 6.07) is 4.76. The first-order chi connectivity index (χ1) is 7.76. The van der Waals surface area contributed by atoms with Crippen molar-refractivity contribution in [2.45, 2.75) is 45.4 Å². The molecule has 90 valence electrons. The Morgan fingerprint density at radius 1 is 1.44 bits per heavy atom. The van der Waals surface area contributed by atoms with Crippen molar-refractivity contribution >= 4 is 17.6 Å². The van der Waals surface area contributed by atoms with E-state index in [4.69, 9.17) is 0 Å². The zero-order valence-corrected chi connectivity index (χ0v) is 11.3. The third-order valence-electron chi connectivity index (χ3n) is 2.41.